The number of hydrogen-bond donors (Lipinski definition) is 1. The number of hydrogen-bond acceptors (Lipinski definition) is 4. The zero-order valence-electron chi connectivity index (χ0n) is 13.3. The van der Waals surface area contributed by atoms with Crippen molar-refractivity contribution in [2.24, 2.45) is 5.92 Å². The summed E-state index contributed by atoms with van der Waals surface area (Å²) >= 11 is 0. The molecule has 4 heteroatoms. The van der Waals surface area contributed by atoms with E-state index < -0.39 is 0 Å². The zero-order valence-corrected chi connectivity index (χ0v) is 13.3. The third-order valence-electron chi connectivity index (χ3n) is 4.56. The predicted molar refractivity (Wildman–Crippen MR) is 82.5 cm³/mol. The van der Waals surface area contributed by atoms with Crippen molar-refractivity contribution >= 4 is 0 Å². The standard InChI is InChI=1S/C16H28N4/c1-5-12(3)16-11-20(15(6-2)9-19-16)10-14-8-17-13(4)7-18-14/h7-8,12,15-16,19H,5-6,9-11H2,1-4H3. The van der Waals surface area contributed by atoms with Gasteiger partial charge < -0.3 is 5.32 Å². The number of nitrogens with zero attached hydrogens (tertiary/aromatic N) is 3. The molecule has 1 aromatic rings. The van der Waals surface area contributed by atoms with Crippen LogP contribution in [-0.4, -0.2) is 40.0 Å². The molecule has 3 atom stereocenters. The Hall–Kier alpha value is -1.00. The summed E-state index contributed by atoms with van der Waals surface area (Å²) in [5, 5.41) is 3.72. The van der Waals surface area contributed by atoms with Gasteiger partial charge in [0.25, 0.3) is 0 Å². The second kappa shape index (κ2) is 7.14. The van der Waals surface area contributed by atoms with Gasteiger partial charge >= 0.3 is 0 Å². The smallest absolute Gasteiger partial charge is 0.0727 e. The first-order valence-electron chi connectivity index (χ1n) is 7.89. The lowest BCUT2D eigenvalue weighted by Crippen LogP contribution is -2.57. The lowest BCUT2D eigenvalue weighted by atomic mass is 9.95. The molecular weight excluding hydrogens is 248 g/mol. The molecule has 1 aliphatic heterocycles. The maximum absolute atomic E-state index is 4.51. The average molecular weight is 276 g/mol. The van der Waals surface area contributed by atoms with Crippen molar-refractivity contribution in [3.63, 3.8) is 0 Å². The van der Waals surface area contributed by atoms with Gasteiger partial charge in [0.2, 0.25) is 0 Å². The van der Waals surface area contributed by atoms with E-state index in [0.717, 1.165) is 36.9 Å². The van der Waals surface area contributed by atoms with Gasteiger partial charge in [0.1, 0.15) is 0 Å². The summed E-state index contributed by atoms with van der Waals surface area (Å²) in [6, 6.07) is 1.21. The molecule has 112 valence electrons. The van der Waals surface area contributed by atoms with Crippen molar-refractivity contribution in [3.05, 3.63) is 23.8 Å². The molecule has 1 N–H and O–H groups in total. The van der Waals surface area contributed by atoms with E-state index in [0.29, 0.717) is 12.1 Å². The second-order valence-electron chi connectivity index (χ2n) is 6.04. The minimum Gasteiger partial charge on any atom is -0.311 e. The SMILES string of the molecule is CCC(C)C1CN(Cc2cnc(C)cn2)C(CC)CN1. The third kappa shape index (κ3) is 3.76. The van der Waals surface area contributed by atoms with E-state index in [-0.39, 0.29) is 0 Å². The van der Waals surface area contributed by atoms with Crippen molar-refractivity contribution in [1.82, 2.24) is 20.2 Å². The van der Waals surface area contributed by atoms with Gasteiger partial charge in [-0.25, -0.2) is 0 Å². The minimum atomic E-state index is 0.598. The molecule has 0 saturated carbocycles. The Kier molecular flexibility index (Phi) is 5.49. The van der Waals surface area contributed by atoms with Gasteiger partial charge in [0.05, 0.1) is 11.4 Å². The van der Waals surface area contributed by atoms with Crippen LogP contribution >= 0.6 is 0 Å². The van der Waals surface area contributed by atoms with Gasteiger partial charge in [0, 0.05) is 44.1 Å². The van der Waals surface area contributed by atoms with E-state index in [1.165, 1.54) is 12.8 Å². The molecular formula is C16H28N4. The molecule has 1 aliphatic rings. The highest BCUT2D eigenvalue weighted by molar-refractivity contribution is 5.02. The van der Waals surface area contributed by atoms with Crippen LogP contribution in [0.2, 0.25) is 0 Å². The van der Waals surface area contributed by atoms with Crippen molar-refractivity contribution in [3.8, 4) is 0 Å². The molecule has 0 radical (unpaired) electrons. The first-order chi connectivity index (χ1) is 9.63. The van der Waals surface area contributed by atoms with Crippen LogP contribution in [0.4, 0.5) is 0 Å². The molecule has 0 aromatic carbocycles. The fourth-order valence-electron chi connectivity index (χ4n) is 2.85. The third-order valence-corrected chi connectivity index (χ3v) is 4.56. The number of nitrogens with one attached hydrogen (secondary N) is 1. The maximum atomic E-state index is 4.51. The molecule has 1 fully saturated rings. The van der Waals surface area contributed by atoms with Crippen molar-refractivity contribution in [1.29, 1.82) is 0 Å². The van der Waals surface area contributed by atoms with E-state index in [2.05, 4.69) is 41.0 Å². The normalized spacial score (nSPS) is 25.6. The number of aryl methyl sites for hydroxylation is 1. The highest BCUT2D eigenvalue weighted by Crippen LogP contribution is 2.18. The molecule has 2 rings (SSSR count). The van der Waals surface area contributed by atoms with Gasteiger partial charge in [-0.05, 0) is 19.3 Å². The Morgan fingerprint density at radius 3 is 2.75 bits per heavy atom. The van der Waals surface area contributed by atoms with E-state index >= 15 is 0 Å². The summed E-state index contributed by atoms with van der Waals surface area (Å²) in [6.07, 6.45) is 6.19. The Bertz CT molecular complexity index is 403. The van der Waals surface area contributed by atoms with Crippen LogP contribution in [0.25, 0.3) is 0 Å². The molecule has 1 saturated heterocycles. The van der Waals surface area contributed by atoms with Gasteiger partial charge in [-0.15, -0.1) is 0 Å². The molecule has 20 heavy (non-hydrogen) atoms. The Morgan fingerprint density at radius 1 is 1.35 bits per heavy atom. The van der Waals surface area contributed by atoms with Gasteiger partial charge in [-0.1, -0.05) is 27.2 Å². The first kappa shape index (κ1) is 15.4. The molecule has 4 nitrogen and oxygen atoms in total. The van der Waals surface area contributed by atoms with Crippen molar-refractivity contribution in [2.45, 2.75) is 59.2 Å². The summed E-state index contributed by atoms with van der Waals surface area (Å²) in [6.45, 7) is 12.0. The Morgan fingerprint density at radius 2 is 2.15 bits per heavy atom. The minimum absolute atomic E-state index is 0.598. The van der Waals surface area contributed by atoms with Crippen LogP contribution in [0.15, 0.2) is 12.4 Å². The molecule has 0 bridgehead atoms. The van der Waals surface area contributed by atoms with Gasteiger partial charge in [-0.2, -0.15) is 0 Å². The Balaban J connectivity index is 2.03. The van der Waals surface area contributed by atoms with Crippen LogP contribution in [0.3, 0.4) is 0 Å². The van der Waals surface area contributed by atoms with Gasteiger partial charge in [-0.3, -0.25) is 14.9 Å². The van der Waals surface area contributed by atoms with Gasteiger partial charge in [0.15, 0.2) is 0 Å². The fraction of sp³-hybridized carbons (Fsp3) is 0.750. The van der Waals surface area contributed by atoms with E-state index in [1.807, 2.05) is 19.3 Å². The summed E-state index contributed by atoms with van der Waals surface area (Å²) in [4.78, 5) is 11.4. The van der Waals surface area contributed by atoms with Crippen molar-refractivity contribution < 1.29 is 0 Å². The average Bonchev–Trinajstić information content (AvgIpc) is 2.48. The van der Waals surface area contributed by atoms with E-state index in [9.17, 15) is 0 Å². The van der Waals surface area contributed by atoms with Crippen molar-refractivity contribution in [2.75, 3.05) is 13.1 Å². The second-order valence-corrected chi connectivity index (χ2v) is 6.04. The molecule has 0 aliphatic carbocycles. The first-order valence-corrected chi connectivity index (χ1v) is 7.89. The summed E-state index contributed by atoms with van der Waals surface area (Å²) in [5.74, 6) is 0.722. The summed E-state index contributed by atoms with van der Waals surface area (Å²) in [7, 11) is 0. The highest BCUT2D eigenvalue weighted by atomic mass is 15.2. The van der Waals surface area contributed by atoms with Crippen LogP contribution in [-0.2, 0) is 6.54 Å². The molecule has 0 spiro atoms. The molecule has 1 aromatic heterocycles. The Labute approximate surface area is 123 Å². The topological polar surface area (TPSA) is 41.1 Å². The summed E-state index contributed by atoms with van der Waals surface area (Å²) in [5.41, 5.74) is 2.07. The molecule has 2 heterocycles. The van der Waals surface area contributed by atoms with E-state index in [1.54, 1.807) is 0 Å². The van der Waals surface area contributed by atoms with Crippen LogP contribution < -0.4 is 5.32 Å². The predicted octanol–water partition coefficient (Wildman–Crippen LogP) is 2.38. The monoisotopic (exact) mass is 276 g/mol. The van der Waals surface area contributed by atoms with Crippen LogP contribution in [0.1, 0.15) is 45.0 Å². The number of aromatic nitrogens is 2. The quantitative estimate of drug-likeness (QED) is 0.896. The molecule has 3 unspecified atom stereocenters. The highest BCUT2D eigenvalue weighted by Gasteiger charge is 2.29. The van der Waals surface area contributed by atoms with Crippen LogP contribution in [0.5, 0.6) is 0 Å². The summed E-state index contributed by atoms with van der Waals surface area (Å²) < 4.78 is 0. The van der Waals surface area contributed by atoms with E-state index in [4.69, 9.17) is 0 Å². The number of rotatable bonds is 5. The maximum Gasteiger partial charge on any atom is 0.0727 e. The lowest BCUT2D eigenvalue weighted by molar-refractivity contribution is 0.0979. The fourth-order valence-corrected chi connectivity index (χ4v) is 2.85. The number of piperazine rings is 1. The van der Waals surface area contributed by atoms with Crippen LogP contribution in [0, 0.1) is 12.8 Å². The zero-order chi connectivity index (χ0) is 14.5. The lowest BCUT2D eigenvalue weighted by Gasteiger charge is -2.42. The molecule has 0 amide bonds. The largest absolute Gasteiger partial charge is 0.311 e.